The lowest BCUT2D eigenvalue weighted by atomic mass is 10.0. The maximum Gasteiger partial charge on any atom is 0.0625 e. The largest absolute Gasteiger partial charge is 0.309 e. The molecular formula is C12H16ClNOS. The van der Waals surface area contributed by atoms with E-state index in [4.69, 9.17) is 11.6 Å². The second-order valence-electron chi connectivity index (χ2n) is 4.09. The summed E-state index contributed by atoms with van der Waals surface area (Å²) in [5.41, 5.74) is 1.10. The topological polar surface area (TPSA) is 29.1 Å². The Morgan fingerprint density at radius 2 is 2.25 bits per heavy atom. The van der Waals surface area contributed by atoms with Gasteiger partial charge in [-0.15, -0.1) is 0 Å². The maximum absolute atomic E-state index is 12.2. The van der Waals surface area contributed by atoms with Crippen LogP contribution in [-0.4, -0.2) is 16.0 Å². The highest BCUT2D eigenvalue weighted by Crippen LogP contribution is 2.39. The Labute approximate surface area is 104 Å². The highest BCUT2D eigenvalue weighted by Gasteiger charge is 2.36. The van der Waals surface area contributed by atoms with Crippen molar-refractivity contribution >= 4 is 22.4 Å². The third-order valence-corrected chi connectivity index (χ3v) is 5.19. The van der Waals surface area contributed by atoms with Gasteiger partial charge < -0.3 is 5.32 Å². The lowest BCUT2D eigenvalue weighted by Gasteiger charge is -2.16. The molecule has 1 aliphatic rings. The first-order chi connectivity index (χ1) is 7.66. The first-order valence-corrected chi connectivity index (χ1v) is 7.18. The van der Waals surface area contributed by atoms with Crippen molar-refractivity contribution in [2.45, 2.75) is 36.5 Å². The molecule has 3 atom stereocenters. The van der Waals surface area contributed by atoms with Gasteiger partial charge in [-0.05, 0) is 31.5 Å². The number of hydrogen-bond donors (Lipinski definition) is 1. The van der Waals surface area contributed by atoms with Crippen molar-refractivity contribution in [3.63, 3.8) is 0 Å². The summed E-state index contributed by atoms with van der Waals surface area (Å²) in [6.45, 7) is 5.08. The van der Waals surface area contributed by atoms with Gasteiger partial charge in [-0.2, -0.15) is 0 Å². The number of nitrogens with one attached hydrogen (secondary N) is 1. The van der Waals surface area contributed by atoms with Crippen molar-refractivity contribution in [3.05, 3.63) is 28.8 Å². The van der Waals surface area contributed by atoms with Gasteiger partial charge in [0.05, 0.1) is 26.0 Å². The fourth-order valence-electron chi connectivity index (χ4n) is 2.12. The molecule has 4 heteroatoms. The molecule has 1 aliphatic heterocycles. The van der Waals surface area contributed by atoms with Crippen molar-refractivity contribution in [3.8, 4) is 0 Å². The minimum absolute atomic E-state index is 0.0986. The molecule has 0 saturated heterocycles. The smallest absolute Gasteiger partial charge is 0.0625 e. The fraction of sp³-hybridized carbons (Fsp3) is 0.500. The molecule has 0 radical (unpaired) electrons. The number of halogens is 1. The Balaban J connectivity index is 2.38. The molecule has 0 amide bonds. The molecule has 0 saturated carbocycles. The predicted molar refractivity (Wildman–Crippen MR) is 68.4 cm³/mol. The molecule has 0 aliphatic carbocycles. The van der Waals surface area contributed by atoms with Crippen molar-refractivity contribution in [1.29, 1.82) is 0 Å². The van der Waals surface area contributed by atoms with Gasteiger partial charge in [-0.25, -0.2) is 0 Å². The molecule has 16 heavy (non-hydrogen) atoms. The molecule has 0 spiro atoms. The molecule has 2 rings (SSSR count). The third kappa shape index (κ3) is 1.92. The van der Waals surface area contributed by atoms with E-state index in [0.29, 0.717) is 5.02 Å². The molecule has 0 aromatic heterocycles. The first kappa shape index (κ1) is 12.1. The normalized spacial score (nSPS) is 28.1. The predicted octanol–water partition coefficient (Wildman–Crippen LogP) is 2.89. The van der Waals surface area contributed by atoms with Gasteiger partial charge in [0, 0.05) is 6.04 Å². The lowest BCUT2D eigenvalue weighted by Crippen LogP contribution is -2.28. The highest BCUT2D eigenvalue weighted by atomic mass is 35.5. The van der Waals surface area contributed by atoms with Crippen LogP contribution in [0.25, 0.3) is 0 Å². The zero-order valence-corrected chi connectivity index (χ0v) is 11.1. The minimum atomic E-state index is -0.982. The summed E-state index contributed by atoms with van der Waals surface area (Å²) in [7, 11) is -0.982. The molecule has 88 valence electrons. The van der Waals surface area contributed by atoms with Gasteiger partial charge in [0.15, 0.2) is 0 Å². The van der Waals surface area contributed by atoms with Crippen LogP contribution in [0.2, 0.25) is 5.02 Å². The van der Waals surface area contributed by atoms with Crippen LogP contribution < -0.4 is 5.32 Å². The summed E-state index contributed by atoms with van der Waals surface area (Å²) in [5, 5.41) is 4.17. The maximum atomic E-state index is 12.2. The first-order valence-electron chi connectivity index (χ1n) is 5.59. The summed E-state index contributed by atoms with van der Waals surface area (Å²) in [6, 6.07) is 5.94. The standard InChI is InChI=1S/C12H16ClNOS/c1-3-7-14-11-8(2)16(15)12-9(11)5-4-6-10(12)13/h4-6,8,11,14H,3,7H2,1-2H3. The SMILES string of the molecule is CCCNC1c2cccc(Cl)c2S(=O)C1C. The fourth-order valence-corrected chi connectivity index (χ4v) is 4.08. The monoisotopic (exact) mass is 257 g/mol. The Bertz CT molecular complexity index is 421. The average molecular weight is 258 g/mol. The quantitative estimate of drug-likeness (QED) is 0.902. The zero-order valence-electron chi connectivity index (χ0n) is 9.50. The van der Waals surface area contributed by atoms with Gasteiger partial charge in [0.1, 0.15) is 0 Å². The van der Waals surface area contributed by atoms with E-state index in [0.717, 1.165) is 23.4 Å². The summed E-state index contributed by atoms with van der Waals surface area (Å²) < 4.78 is 12.2. The van der Waals surface area contributed by atoms with Gasteiger partial charge in [-0.3, -0.25) is 4.21 Å². The molecule has 2 nitrogen and oxygen atoms in total. The Kier molecular flexibility index (Phi) is 3.67. The van der Waals surface area contributed by atoms with Gasteiger partial charge in [0.25, 0.3) is 0 Å². The van der Waals surface area contributed by atoms with E-state index in [2.05, 4.69) is 12.2 Å². The van der Waals surface area contributed by atoms with Crippen LogP contribution >= 0.6 is 11.6 Å². The molecule has 1 aromatic rings. The highest BCUT2D eigenvalue weighted by molar-refractivity contribution is 7.86. The Morgan fingerprint density at radius 3 is 2.94 bits per heavy atom. The minimum Gasteiger partial charge on any atom is -0.309 e. The van der Waals surface area contributed by atoms with Crippen LogP contribution in [0.3, 0.4) is 0 Å². The van der Waals surface area contributed by atoms with Gasteiger partial charge >= 0.3 is 0 Å². The van der Waals surface area contributed by atoms with E-state index < -0.39 is 10.8 Å². The second kappa shape index (κ2) is 4.86. The van der Waals surface area contributed by atoms with Crippen LogP contribution in [0.5, 0.6) is 0 Å². The second-order valence-corrected chi connectivity index (χ2v) is 6.25. The summed E-state index contributed by atoms with van der Waals surface area (Å²) >= 11 is 6.11. The molecule has 0 fully saturated rings. The van der Waals surface area contributed by atoms with Crippen molar-refractivity contribution in [2.75, 3.05) is 6.54 Å². The van der Waals surface area contributed by atoms with Crippen LogP contribution in [0, 0.1) is 0 Å². The van der Waals surface area contributed by atoms with E-state index in [1.807, 2.05) is 25.1 Å². The van der Waals surface area contributed by atoms with Crippen molar-refractivity contribution in [2.24, 2.45) is 0 Å². The number of fused-ring (bicyclic) bond motifs is 1. The molecule has 1 heterocycles. The summed E-state index contributed by atoms with van der Waals surface area (Å²) in [5.74, 6) is 0. The van der Waals surface area contributed by atoms with Gasteiger partial charge in [-0.1, -0.05) is 30.7 Å². The molecule has 1 aromatic carbocycles. The lowest BCUT2D eigenvalue weighted by molar-refractivity contribution is 0.527. The number of rotatable bonds is 3. The molecule has 0 bridgehead atoms. The molecule has 1 N–H and O–H groups in total. The summed E-state index contributed by atoms with van der Waals surface area (Å²) in [6.07, 6.45) is 1.08. The third-order valence-electron chi connectivity index (χ3n) is 2.96. The molecule has 3 unspecified atom stereocenters. The number of hydrogen-bond acceptors (Lipinski definition) is 2. The van der Waals surface area contributed by atoms with E-state index in [-0.39, 0.29) is 11.3 Å². The van der Waals surface area contributed by atoms with E-state index in [9.17, 15) is 4.21 Å². The van der Waals surface area contributed by atoms with Crippen molar-refractivity contribution < 1.29 is 4.21 Å². The zero-order chi connectivity index (χ0) is 11.7. The van der Waals surface area contributed by atoms with E-state index in [1.54, 1.807) is 0 Å². The van der Waals surface area contributed by atoms with Crippen LogP contribution in [0.15, 0.2) is 23.1 Å². The Morgan fingerprint density at radius 1 is 1.50 bits per heavy atom. The van der Waals surface area contributed by atoms with E-state index in [1.165, 1.54) is 0 Å². The number of benzene rings is 1. The van der Waals surface area contributed by atoms with Crippen LogP contribution in [-0.2, 0) is 10.8 Å². The van der Waals surface area contributed by atoms with Gasteiger partial charge in [0.2, 0.25) is 0 Å². The van der Waals surface area contributed by atoms with Crippen molar-refractivity contribution in [1.82, 2.24) is 5.32 Å². The average Bonchev–Trinajstić information content (AvgIpc) is 2.51. The van der Waals surface area contributed by atoms with E-state index >= 15 is 0 Å². The van der Waals surface area contributed by atoms with Crippen LogP contribution in [0.4, 0.5) is 0 Å². The molecular weight excluding hydrogens is 242 g/mol. The summed E-state index contributed by atoms with van der Waals surface area (Å²) in [4.78, 5) is 0.824. The Hall–Kier alpha value is -0.380. The van der Waals surface area contributed by atoms with Crippen LogP contribution in [0.1, 0.15) is 31.9 Å².